The predicted octanol–water partition coefficient (Wildman–Crippen LogP) is 3.72. The maximum absolute atomic E-state index is 13.3. The molecule has 148 valence electrons. The van der Waals surface area contributed by atoms with E-state index in [4.69, 9.17) is 6.57 Å². The van der Waals surface area contributed by atoms with Crippen molar-refractivity contribution >= 4 is 17.4 Å². The Morgan fingerprint density at radius 3 is 2.69 bits per heavy atom. The van der Waals surface area contributed by atoms with Crippen LogP contribution in [0.3, 0.4) is 0 Å². The van der Waals surface area contributed by atoms with Crippen molar-refractivity contribution in [2.24, 2.45) is 5.92 Å². The Balaban J connectivity index is 1.71. The van der Waals surface area contributed by atoms with Crippen molar-refractivity contribution in [3.63, 3.8) is 0 Å². The van der Waals surface area contributed by atoms with Crippen LogP contribution in [-0.4, -0.2) is 37.7 Å². The molecule has 1 saturated carbocycles. The fourth-order valence-electron chi connectivity index (χ4n) is 3.14. The summed E-state index contributed by atoms with van der Waals surface area (Å²) in [5, 5.41) is 6.19. The number of nitrogens with one attached hydrogen (secondary N) is 1. The Morgan fingerprint density at radius 2 is 2.10 bits per heavy atom. The van der Waals surface area contributed by atoms with Crippen molar-refractivity contribution in [2.45, 2.75) is 32.0 Å². The number of amides is 1. The molecule has 1 amide bonds. The smallest absolute Gasteiger partial charge is 0.361 e. The summed E-state index contributed by atoms with van der Waals surface area (Å²) >= 11 is 0. The Hall–Kier alpha value is -3.48. The number of fused-ring (bicyclic) bond motifs is 1. The first-order chi connectivity index (χ1) is 13.8. The lowest BCUT2D eigenvalue weighted by atomic mass is 10.1. The van der Waals surface area contributed by atoms with Crippen LogP contribution in [-0.2, 0) is 0 Å². The van der Waals surface area contributed by atoms with Gasteiger partial charge in [0.1, 0.15) is 17.8 Å². The van der Waals surface area contributed by atoms with Gasteiger partial charge in [-0.3, -0.25) is 4.79 Å². The van der Waals surface area contributed by atoms with Crippen LogP contribution in [0.25, 0.3) is 21.7 Å². The second-order valence-corrected chi connectivity index (χ2v) is 6.92. The average molecular weight is 400 g/mol. The van der Waals surface area contributed by atoms with Gasteiger partial charge in [0.15, 0.2) is 5.65 Å². The molecular formula is C19H15F3N6O. The van der Waals surface area contributed by atoms with Crippen LogP contribution in [0, 0.1) is 19.4 Å². The van der Waals surface area contributed by atoms with Crippen LogP contribution < -0.4 is 5.32 Å². The largest absolute Gasteiger partial charge is 0.408 e. The number of halogens is 3. The fraction of sp³-hybridized carbons (Fsp3) is 0.316. The van der Waals surface area contributed by atoms with E-state index in [2.05, 4.69) is 25.2 Å². The predicted molar refractivity (Wildman–Crippen MR) is 97.3 cm³/mol. The second-order valence-electron chi connectivity index (χ2n) is 6.92. The van der Waals surface area contributed by atoms with E-state index in [9.17, 15) is 18.0 Å². The quantitative estimate of drug-likeness (QED) is 0.678. The zero-order valence-corrected chi connectivity index (χ0v) is 15.2. The summed E-state index contributed by atoms with van der Waals surface area (Å²) in [5.41, 5.74) is 1.86. The first-order valence-corrected chi connectivity index (χ1v) is 8.85. The van der Waals surface area contributed by atoms with Crippen molar-refractivity contribution in [3.05, 3.63) is 53.3 Å². The summed E-state index contributed by atoms with van der Waals surface area (Å²) in [5.74, 6) is -1.22. The third-order valence-electron chi connectivity index (χ3n) is 4.79. The fourth-order valence-corrected chi connectivity index (χ4v) is 3.14. The van der Waals surface area contributed by atoms with E-state index in [-0.39, 0.29) is 17.0 Å². The summed E-state index contributed by atoms with van der Waals surface area (Å²) < 4.78 is 41.2. The van der Waals surface area contributed by atoms with Gasteiger partial charge in [0.25, 0.3) is 11.7 Å². The minimum atomic E-state index is -4.51. The molecule has 1 N–H and O–H groups in total. The molecule has 0 radical (unpaired) electrons. The molecule has 0 unspecified atom stereocenters. The van der Waals surface area contributed by atoms with Gasteiger partial charge in [-0.1, -0.05) is 12.6 Å². The molecule has 3 heterocycles. The number of carbonyl (C=O) groups is 1. The number of rotatable bonds is 4. The van der Waals surface area contributed by atoms with E-state index in [0.29, 0.717) is 29.8 Å². The van der Waals surface area contributed by atoms with Crippen molar-refractivity contribution < 1.29 is 18.0 Å². The van der Waals surface area contributed by atoms with Crippen LogP contribution in [0.1, 0.15) is 28.9 Å². The summed E-state index contributed by atoms with van der Waals surface area (Å²) in [7, 11) is 0. The maximum Gasteiger partial charge on any atom is 0.408 e. The topological polar surface area (TPSA) is 76.5 Å². The number of aryl methyl sites for hydroxylation is 1. The molecule has 3 aromatic rings. The monoisotopic (exact) mass is 400 g/mol. The lowest BCUT2D eigenvalue weighted by Crippen LogP contribution is -2.46. The molecule has 0 aromatic carbocycles. The second kappa shape index (κ2) is 6.84. The van der Waals surface area contributed by atoms with Crippen molar-refractivity contribution in [1.82, 2.24) is 24.9 Å². The first-order valence-electron chi connectivity index (χ1n) is 8.85. The summed E-state index contributed by atoms with van der Waals surface area (Å²) in [6, 6.07) is 3.05. The van der Waals surface area contributed by atoms with Crippen molar-refractivity contribution in [2.75, 3.05) is 0 Å². The SMILES string of the molecule is [C-]#[N+]c1ccc(-c2cc(C)n3ncc(C(=O)N[C@H](C4CC4)C(F)(F)F)c3n2)cn1. The van der Waals surface area contributed by atoms with Gasteiger partial charge in [0.2, 0.25) is 0 Å². The van der Waals surface area contributed by atoms with Crippen LogP contribution in [0.4, 0.5) is 19.0 Å². The van der Waals surface area contributed by atoms with Crippen LogP contribution in [0.15, 0.2) is 30.6 Å². The Labute approximate surface area is 163 Å². The molecule has 3 aromatic heterocycles. The van der Waals surface area contributed by atoms with E-state index in [0.717, 1.165) is 0 Å². The Kier molecular flexibility index (Phi) is 4.45. The van der Waals surface area contributed by atoms with E-state index in [1.165, 1.54) is 23.0 Å². The van der Waals surface area contributed by atoms with Gasteiger partial charge >= 0.3 is 6.18 Å². The molecule has 0 spiro atoms. The van der Waals surface area contributed by atoms with E-state index < -0.39 is 24.0 Å². The highest BCUT2D eigenvalue weighted by Gasteiger charge is 2.49. The van der Waals surface area contributed by atoms with Crippen LogP contribution >= 0.6 is 0 Å². The molecule has 10 heteroatoms. The number of pyridine rings is 1. The third-order valence-corrected chi connectivity index (χ3v) is 4.79. The van der Waals surface area contributed by atoms with Crippen LogP contribution in [0.5, 0.6) is 0 Å². The zero-order valence-electron chi connectivity index (χ0n) is 15.2. The number of hydrogen-bond acceptors (Lipinski definition) is 4. The normalized spacial score (nSPS) is 15.1. The zero-order chi connectivity index (χ0) is 20.8. The van der Waals surface area contributed by atoms with Gasteiger partial charge in [0.05, 0.1) is 11.9 Å². The highest BCUT2D eigenvalue weighted by atomic mass is 19.4. The molecule has 1 aliphatic carbocycles. The maximum atomic E-state index is 13.3. The molecule has 29 heavy (non-hydrogen) atoms. The Bertz CT molecular complexity index is 1130. The lowest BCUT2D eigenvalue weighted by molar-refractivity contribution is -0.158. The molecule has 7 nitrogen and oxygen atoms in total. The van der Waals surface area contributed by atoms with Gasteiger partial charge < -0.3 is 10.2 Å². The number of aromatic nitrogens is 4. The number of hydrogen-bond donors (Lipinski definition) is 1. The van der Waals surface area contributed by atoms with Gasteiger partial charge in [0, 0.05) is 11.3 Å². The average Bonchev–Trinajstić information content (AvgIpc) is 3.42. The first kappa shape index (κ1) is 18.9. The summed E-state index contributed by atoms with van der Waals surface area (Å²) in [4.78, 5) is 24.2. The molecule has 1 aliphatic rings. The summed E-state index contributed by atoms with van der Waals surface area (Å²) in [6.07, 6.45) is -0.934. The van der Waals surface area contributed by atoms with Gasteiger partial charge in [-0.2, -0.15) is 18.3 Å². The number of alkyl halides is 3. The standard InChI is InChI=1S/C19H15F3N6O/c1-10-7-14(12-5-6-15(23-2)24-8-12)26-17-13(9-25-28(10)17)18(29)27-16(11-3-4-11)19(20,21)22/h5-9,11,16H,3-4H2,1H3,(H,27,29)/t16-/m1/s1. The highest BCUT2D eigenvalue weighted by Crippen LogP contribution is 2.40. The minimum Gasteiger partial charge on any atom is -0.361 e. The highest BCUT2D eigenvalue weighted by molar-refractivity contribution is 6.00. The molecule has 0 aliphatic heterocycles. The summed E-state index contributed by atoms with van der Waals surface area (Å²) in [6.45, 7) is 8.71. The van der Waals surface area contributed by atoms with Crippen molar-refractivity contribution in [3.8, 4) is 11.3 Å². The number of carbonyl (C=O) groups excluding carboxylic acids is 1. The van der Waals surface area contributed by atoms with Gasteiger partial charge in [-0.15, -0.1) is 4.98 Å². The third kappa shape index (κ3) is 3.63. The van der Waals surface area contributed by atoms with E-state index >= 15 is 0 Å². The molecule has 1 atom stereocenters. The minimum absolute atomic E-state index is 0.0319. The van der Waals surface area contributed by atoms with E-state index in [1.807, 2.05) is 0 Å². The van der Waals surface area contributed by atoms with Gasteiger partial charge in [-0.05, 0) is 37.8 Å². The molecular weight excluding hydrogens is 385 g/mol. The van der Waals surface area contributed by atoms with E-state index in [1.54, 1.807) is 19.1 Å². The Morgan fingerprint density at radius 1 is 1.34 bits per heavy atom. The number of nitrogens with zero attached hydrogens (tertiary/aromatic N) is 5. The molecule has 0 saturated heterocycles. The van der Waals surface area contributed by atoms with Crippen molar-refractivity contribution in [1.29, 1.82) is 0 Å². The molecule has 1 fully saturated rings. The van der Waals surface area contributed by atoms with Crippen LogP contribution in [0.2, 0.25) is 0 Å². The molecule has 4 rings (SSSR count). The molecule has 0 bridgehead atoms. The lowest BCUT2D eigenvalue weighted by Gasteiger charge is -2.20. The van der Waals surface area contributed by atoms with Gasteiger partial charge in [-0.25, -0.2) is 9.50 Å².